The van der Waals surface area contributed by atoms with E-state index in [1.165, 1.54) is 23.9 Å². The summed E-state index contributed by atoms with van der Waals surface area (Å²) in [5.74, 6) is 0.297. The Balaban J connectivity index is 1.42. The number of aromatic nitrogens is 1. The number of hydrogen-bond donors (Lipinski definition) is 0. The summed E-state index contributed by atoms with van der Waals surface area (Å²) in [5, 5.41) is 10.6. The second kappa shape index (κ2) is 8.09. The lowest BCUT2D eigenvalue weighted by Crippen LogP contribution is -2.05. The van der Waals surface area contributed by atoms with Crippen molar-refractivity contribution >= 4 is 45.0 Å². The van der Waals surface area contributed by atoms with Gasteiger partial charge in [-0.05, 0) is 29.8 Å². The molecule has 8 heteroatoms. The summed E-state index contributed by atoms with van der Waals surface area (Å²) in [6.07, 6.45) is 0.285. The molecule has 0 aliphatic rings. The third kappa shape index (κ3) is 4.77. The molecule has 6 nitrogen and oxygen atoms in total. The van der Waals surface area contributed by atoms with E-state index in [4.69, 9.17) is 4.74 Å². The normalized spacial score (nSPS) is 10.7. The first-order valence-electron chi connectivity index (χ1n) is 7.49. The lowest BCUT2D eigenvalue weighted by Gasteiger charge is -2.04. The highest BCUT2D eigenvalue weighted by molar-refractivity contribution is 8.01. The average molecular weight is 374 g/mol. The number of hydrogen-bond acceptors (Lipinski definition) is 7. The van der Waals surface area contributed by atoms with Crippen molar-refractivity contribution in [3.63, 3.8) is 0 Å². The van der Waals surface area contributed by atoms with Crippen molar-refractivity contribution in [1.29, 1.82) is 0 Å². The molecule has 0 aliphatic heterocycles. The quantitative estimate of drug-likeness (QED) is 0.263. The van der Waals surface area contributed by atoms with Gasteiger partial charge in [-0.2, -0.15) is 0 Å². The highest BCUT2D eigenvalue weighted by Crippen LogP contribution is 2.29. The highest BCUT2D eigenvalue weighted by Gasteiger charge is 2.08. The number of rotatable bonds is 7. The number of carbonyl (C=O) groups is 1. The Morgan fingerprint density at radius 2 is 1.96 bits per heavy atom. The molecular formula is C17H14N2O4S2. The molecule has 0 atom stereocenters. The van der Waals surface area contributed by atoms with Crippen LogP contribution in [0.25, 0.3) is 10.2 Å². The van der Waals surface area contributed by atoms with Crippen molar-refractivity contribution in [2.75, 3.05) is 5.75 Å². The van der Waals surface area contributed by atoms with Crippen LogP contribution in [0.1, 0.15) is 12.0 Å². The number of nitro groups is 1. The predicted molar refractivity (Wildman–Crippen MR) is 97.9 cm³/mol. The summed E-state index contributed by atoms with van der Waals surface area (Å²) >= 11 is 3.14. The maximum atomic E-state index is 11.8. The molecular weight excluding hydrogens is 360 g/mol. The summed E-state index contributed by atoms with van der Waals surface area (Å²) in [5.41, 5.74) is 1.70. The van der Waals surface area contributed by atoms with Gasteiger partial charge in [0.15, 0.2) is 4.34 Å². The molecule has 0 spiro atoms. The zero-order valence-electron chi connectivity index (χ0n) is 13.1. The van der Waals surface area contributed by atoms with Gasteiger partial charge in [0.05, 0.1) is 21.6 Å². The topological polar surface area (TPSA) is 82.3 Å². The Bertz CT molecular complexity index is 860. The molecule has 0 radical (unpaired) electrons. The van der Waals surface area contributed by atoms with E-state index in [1.807, 2.05) is 24.3 Å². The van der Waals surface area contributed by atoms with Crippen LogP contribution in [-0.4, -0.2) is 21.6 Å². The standard InChI is InChI=1S/C17H14N2O4S2/c20-16(23-11-12-5-7-13(8-6-12)19(21)22)9-10-24-17-18-14-3-1-2-4-15(14)25-17/h1-8H,9-11H2. The van der Waals surface area contributed by atoms with Crippen molar-refractivity contribution in [3.05, 3.63) is 64.2 Å². The molecule has 1 aromatic heterocycles. The third-order valence-electron chi connectivity index (χ3n) is 3.35. The van der Waals surface area contributed by atoms with Gasteiger partial charge in [0, 0.05) is 17.9 Å². The Morgan fingerprint density at radius 1 is 1.20 bits per heavy atom. The Morgan fingerprint density at radius 3 is 2.68 bits per heavy atom. The molecule has 128 valence electrons. The van der Waals surface area contributed by atoms with E-state index in [1.54, 1.807) is 23.5 Å². The number of esters is 1. The molecule has 0 fully saturated rings. The van der Waals surface area contributed by atoms with E-state index in [0.717, 1.165) is 20.1 Å². The van der Waals surface area contributed by atoms with Gasteiger partial charge in [-0.15, -0.1) is 11.3 Å². The van der Waals surface area contributed by atoms with Gasteiger partial charge in [-0.3, -0.25) is 14.9 Å². The van der Waals surface area contributed by atoms with E-state index in [0.29, 0.717) is 5.75 Å². The van der Waals surface area contributed by atoms with Crippen LogP contribution in [0.2, 0.25) is 0 Å². The van der Waals surface area contributed by atoms with Crippen LogP contribution in [0.5, 0.6) is 0 Å². The Kier molecular flexibility index (Phi) is 5.62. The maximum Gasteiger partial charge on any atom is 0.306 e. The van der Waals surface area contributed by atoms with E-state index in [2.05, 4.69) is 4.98 Å². The predicted octanol–water partition coefficient (Wildman–Crippen LogP) is 4.43. The number of non-ortho nitro benzene ring substituents is 1. The number of ether oxygens (including phenoxy) is 1. The fraction of sp³-hybridized carbons (Fsp3) is 0.176. The molecule has 3 rings (SSSR count). The van der Waals surface area contributed by atoms with Crippen molar-refractivity contribution in [3.8, 4) is 0 Å². The largest absolute Gasteiger partial charge is 0.461 e. The highest BCUT2D eigenvalue weighted by atomic mass is 32.2. The first-order chi connectivity index (χ1) is 12.1. The minimum absolute atomic E-state index is 0.0160. The Hall–Kier alpha value is -2.45. The molecule has 0 unspecified atom stereocenters. The van der Waals surface area contributed by atoms with Crippen LogP contribution in [0, 0.1) is 10.1 Å². The van der Waals surface area contributed by atoms with Crippen molar-refractivity contribution in [2.45, 2.75) is 17.4 Å². The van der Waals surface area contributed by atoms with E-state index in [-0.39, 0.29) is 24.7 Å². The number of benzene rings is 2. The molecule has 0 aliphatic carbocycles. The van der Waals surface area contributed by atoms with Crippen LogP contribution in [0.4, 0.5) is 5.69 Å². The van der Waals surface area contributed by atoms with Gasteiger partial charge in [-0.25, -0.2) is 4.98 Å². The summed E-state index contributed by atoms with van der Waals surface area (Å²) in [7, 11) is 0. The molecule has 0 saturated carbocycles. The number of carbonyl (C=O) groups excluding carboxylic acids is 1. The van der Waals surface area contributed by atoms with Crippen LogP contribution in [-0.2, 0) is 16.1 Å². The minimum Gasteiger partial charge on any atom is -0.461 e. The SMILES string of the molecule is O=C(CCSc1nc2ccccc2s1)OCc1ccc([N+](=O)[O-])cc1. The minimum atomic E-state index is -0.463. The van der Waals surface area contributed by atoms with Crippen LogP contribution in [0.3, 0.4) is 0 Å². The van der Waals surface area contributed by atoms with Crippen LogP contribution in [0.15, 0.2) is 52.9 Å². The number of nitro benzene ring substituents is 1. The summed E-state index contributed by atoms with van der Waals surface area (Å²) < 4.78 is 7.25. The maximum absolute atomic E-state index is 11.8. The molecule has 25 heavy (non-hydrogen) atoms. The zero-order valence-corrected chi connectivity index (χ0v) is 14.7. The lowest BCUT2D eigenvalue weighted by atomic mass is 10.2. The average Bonchev–Trinajstić information content (AvgIpc) is 3.03. The number of thiazole rings is 1. The van der Waals surface area contributed by atoms with Crippen LogP contribution < -0.4 is 0 Å². The van der Waals surface area contributed by atoms with Crippen molar-refractivity contribution < 1.29 is 14.5 Å². The van der Waals surface area contributed by atoms with Gasteiger partial charge >= 0.3 is 5.97 Å². The molecule has 3 aromatic rings. The fourth-order valence-corrected chi connectivity index (χ4v) is 4.14. The van der Waals surface area contributed by atoms with Gasteiger partial charge < -0.3 is 4.74 Å². The first-order valence-corrected chi connectivity index (χ1v) is 9.29. The monoisotopic (exact) mass is 374 g/mol. The number of nitrogens with zero attached hydrogens (tertiary/aromatic N) is 2. The second-order valence-corrected chi connectivity index (χ2v) is 7.50. The molecule has 2 aromatic carbocycles. The molecule has 0 bridgehead atoms. The van der Waals surface area contributed by atoms with Crippen molar-refractivity contribution in [1.82, 2.24) is 4.98 Å². The first kappa shape index (κ1) is 17.4. The number of para-hydroxylation sites is 1. The van der Waals surface area contributed by atoms with Crippen molar-refractivity contribution in [2.24, 2.45) is 0 Å². The summed E-state index contributed by atoms with van der Waals surface area (Å²) in [6.45, 7) is 0.114. The molecule has 0 N–H and O–H groups in total. The van der Waals surface area contributed by atoms with E-state index in [9.17, 15) is 14.9 Å². The van der Waals surface area contributed by atoms with Gasteiger partial charge in [-0.1, -0.05) is 23.9 Å². The third-order valence-corrected chi connectivity index (χ3v) is 5.53. The van der Waals surface area contributed by atoms with E-state index < -0.39 is 4.92 Å². The van der Waals surface area contributed by atoms with Gasteiger partial charge in [0.1, 0.15) is 6.61 Å². The molecule has 0 saturated heterocycles. The number of thioether (sulfide) groups is 1. The Labute approximate surface area is 152 Å². The molecule has 1 heterocycles. The second-order valence-electron chi connectivity index (χ2n) is 5.13. The lowest BCUT2D eigenvalue weighted by molar-refractivity contribution is -0.384. The number of fused-ring (bicyclic) bond motifs is 1. The van der Waals surface area contributed by atoms with Crippen LogP contribution >= 0.6 is 23.1 Å². The fourth-order valence-electron chi connectivity index (χ4n) is 2.08. The van der Waals surface area contributed by atoms with E-state index >= 15 is 0 Å². The summed E-state index contributed by atoms with van der Waals surface area (Å²) in [4.78, 5) is 26.4. The smallest absolute Gasteiger partial charge is 0.306 e. The molecule has 0 amide bonds. The zero-order chi connectivity index (χ0) is 17.6. The summed E-state index contributed by atoms with van der Waals surface area (Å²) in [6, 6.07) is 13.9. The van der Waals surface area contributed by atoms with Gasteiger partial charge in [0.25, 0.3) is 5.69 Å². The van der Waals surface area contributed by atoms with Gasteiger partial charge in [0.2, 0.25) is 0 Å².